The van der Waals surface area contributed by atoms with Crippen molar-refractivity contribution in [3.8, 4) is 0 Å². The van der Waals surface area contributed by atoms with E-state index in [1.807, 2.05) is 0 Å². The van der Waals surface area contributed by atoms with Crippen LogP contribution >= 0.6 is 0 Å². The Bertz CT molecular complexity index is 416. The molecule has 0 aliphatic carbocycles. The fourth-order valence-electron chi connectivity index (χ4n) is 1.33. The Morgan fingerprint density at radius 2 is 2.00 bits per heavy atom. The second kappa shape index (κ2) is 4.17. The van der Waals surface area contributed by atoms with Crippen molar-refractivity contribution in [3.05, 3.63) is 35.4 Å². The number of rotatable bonds is 3. The third-order valence-corrected chi connectivity index (χ3v) is 2.70. The molecule has 0 fully saturated rings. The average molecular weight is 230 g/mol. The Morgan fingerprint density at radius 3 is 2.50 bits per heavy atom. The van der Waals surface area contributed by atoms with Gasteiger partial charge in [-0.2, -0.15) is 0 Å². The SMILES string of the molecule is CC(c1cc(F)ccc1F)C(C)(O)C(=O)O. The monoisotopic (exact) mass is 230 g/mol. The van der Waals surface area contributed by atoms with Crippen molar-refractivity contribution in [2.75, 3.05) is 0 Å². The van der Waals surface area contributed by atoms with E-state index in [2.05, 4.69) is 0 Å². The molecule has 1 aromatic rings. The van der Waals surface area contributed by atoms with Crippen LogP contribution in [0.25, 0.3) is 0 Å². The lowest BCUT2D eigenvalue weighted by Gasteiger charge is -2.26. The number of benzene rings is 1. The molecule has 2 N–H and O–H groups in total. The molecule has 1 aromatic carbocycles. The number of hydrogen-bond acceptors (Lipinski definition) is 2. The summed E-state index contributed by atoms with van der Waals surface area (Å²) < 4.78 is 26.2. The molecule has 0 saturated heterocycles. The van der Waals surface area contributed by atoms with Crippen molar-refractivity contribution in [3.63, 3.8) is 0 Å². The maximum absolute atomic E-state index is 13.3. The highest BCUT2D eigenvalue weighted by Crippen LogP contribution is 2.30. The highest BCUT2D eigenvalue weighted by Gasteiger charge is 2.38. The smallest absolute Gasteiger partial charge is 0.336 e. The molecule has 2 unspecified atom stereocenters. The van der Waals surface area contributed by atoms with Crippen molar-refractivity contribution in [2.24, 2.45) is 0 Å². The van der Waals surface area contributed by atoms with Crippen LogP contribution in [0.2, 0.25) is 0 Å². The van der Waals surface area contributed by atoms with Crippen LogP contribution in [-0.4, -0.2) is 21.8 Å². The molecule has 0 heterocycles. The van der Waals surface area contributed by atoms with E-state index < -0.39 is 29.1 Å². The fraction of sp³-hybridized carbons (Fsp3) is 0.364. The van der Waals surface area contributed by atoms with Crippen LogP contribution in [0.4, 0.5) is 8.78 Å². The predicted molar refractivity (Wildman–Crippen MR) is 53.0 cm³/mol. The molecule has 0 spiro atoms. The minimum Gasteiger partial charge on any atom is -0.479 e. The van der Waals surface area contributed by atoms with Crippen LogP contribution in [0, 0.1) is 11.6 Å². The maximum atomic E-state index is 13.3. The second-order valence-corrected chi connectivity index (χ2v) is 3.84. The zero-order valence-corrected chi connectivity index (χ0v) is 8.87. The molecule has 0 saturated carbocycles. The lowest BCUT2D eigenvalue weighted by Crippen LogP contribution is -2.40. The summed E-state index contributed by atoms with van der Waals surface area (Å²) in [5, 5.41) is 18.4. The van der Waals surface area contributed by atoms with Crippen LogP contribution in [0.1, 0.15) is 25.3 Å². The lowest BCUT2D eigenvalue weighted by molar-refractivity contribution is -0.158. The molecule has 0 aromatic heterocycles. The van der Waals surface area contributed by atoms with Gasteiger partial charge in [-0.05, 0) is 30.7 Å². The van der Waals surface area contributed by atoms with Crippen LogP contribution < -0.4 is 0 Å². The van der Waals surface area contributed by atoms with Crippen LogP contribution in [0.15, 0.2) is 18.2 Å². The molecular formula is C11H12F2O3. The van der Waals surface area contributed by atoms with Crippen molar-refractivity contribution < 1.29 is 23.8 Å². The molecule has 16 heavy (non-hydrogen) atoms. The van der Waals surface area contributed by atoms with Crippen molar-refractivity contribution in [1.29, 1.82) is 0 Å². The summed E-state index contributed by atoms with van der Waals surface area (Å²) in [5.41, 5.74) is -2.30. The Hall–Kier alpha value is -1.49. The van der Waals surface area contributed by atoms with Gasteiger partial charge in [-0.3, -0.25) is 0 Å². The summed E-state index contributed by atoms with van der Waals surface area (Å²) in [6, 6.07) is 2.72. The molecule has 1 rings (SSSR count). The van der Waals surface area contributed by atoms with E-state index in [1.165, 1.54) is 6.92 Å². The molecule has 5 heteroatoms. The minimum absolute atomic E-state index is 0.160. The second-order valence-electron chi connectivity index (χ2n) is 3.84. The summed E-state index contributed by atoms with van der Waals surface area (Å²) in [6.45, 7) is 2.37. The van der Waals surface area contributed by atoms with Gasteiger partial charge in [-0.25, -0.2) is 13.6 Å². The van der Waals surface area contributed by atoms with Gasteiger partial charge in [0.25, 0.3) is 0 Å². The molecule has 0 aliphatic rings. The molecule has 88 valence electrons. The summed E-state index contributed by atoms with van der Waals surface area (Å²) in [7, 11) is 0. The molecule has 0 radical (unpaired) electrons. The van der Waals surface area contributed by atoms with Gasteiger partial charge in [-0.1, -0.05) is 6.92 Å². The first-order valence-electron chi connectivity index (χ1n) is 4.67. The number of halogens is 2. The highest BCUT2D eigenvalue weighted by molar-refractivity contribution is 5.78. The topological polar surface area (TPSA) is 57.5 Å². The van der Waals surface area contributed by atoms with E-state index in [1.54, 1.807) is 0 Å². The van der Waals surface area contributed by atoms with E-state index in [4.69, 9.17) is 5.11 Å². The molecule has 0 aliphatic heterocycles. The van der Waals surface area contributed by atoms with Gasteiger partial charge in [0.05, 0.1) is 0 Å². The molecule has 0 bridgehead atoms. The zero-order valence-electron chi connectivity index (χ0n) is 8.87. The zero-order chi connectivity index (χ0) is 12.5. The summed E-state index contributed by atoms with van der Waals surface area (Å²) in [6.07, 6.45) is 0. The molecular weight excluding hydrogens is 218 g/mol. The number of carboxylic acid groups (broad SMARTS) is 1. The van der Waals surface area contributed by atoms with Gasteiger partial charge in [-0.15, -0.1) is 0 Å². The first kappa shape index (κ1) is 12.6. The Kier molecular flexibility index (Phi) is 3.28. The Balaban J connectivity index is 3.19. The Morgan fingerprint density at radius 1 is 1.44 bits per heavy atom. The average Bonchev–Trinajstić information content (AvgIpc) is 2.20. The van der Waals surface area contributed by atoms with Crippen molar-refractivity contribution >= 4 is 5.97 Å². The third kappa shape index (κ3) is 2.19. The standard InChI is InChI=1S/C11H12F2O3/c1-6(11(2,16)10(14)15)8-5-7(12)3-4-9(8)13/h3-6,16H,1-2H3,(H,14,15). The minimum atomic E-state index is -2.14. The number of carbonyl (C=O) groups is 1. The fourth-order valence-corrected chi connectivity index (χ4v) is 1.33. The third-order valence-electron chi connectivity index (χ3n) is 2.70. The van der Waals surface area contributed by atoms with Gasteiger partial charge >= 0.3 is 5.97 Å². The summed E-state index contributed by atoms with van der Waals surface area (Å²) >= 11 is 0. The van der Waals surface area contributed by atoms with Crippen molar-refractivity contribution in [2.45, 2.75) is 25.4 Å². The van der Waals surface area contributed by atoms with Crippen LogP contribution in [0.3, 0.4) is 0 Å². The maximum Gasteiger partial charge on any atom is 0.336 e. The first-order valence-corrected chi connectivity index (χ1v) is 4.67. The number of carboxylic acids is 1. The first-order chi connectivity index (χ1) is 7.26. The van der Waals surface area contributed by atoms with E-state index in [9.17, 15) is 18.7 Å². The Labute approximate surface area is 91.3 Å². The predicted octanol–water partition coefficient (Wildman–Crippen LogP) is 1.90. The quantitative estimate of drug-likeness (QED) is 0.833. The highest BCUT2D eigenvalue weighted by atomic mass is 19.1. The van der Waals surface area contributed by atoms with Crippen LogP contribution in [-0.2, 0) is 4.79 Å². The normalized spacial score (nSPS) is 16.6. The number of aliphatic hydroxyl groups is 1. The number of hydrogen-bond donors (Lipinski definition) is 2. The van der Waals surface area contributed by atoms with Gasteiger partial charge in [0.1, 0.15) is 11.6 Å². The van der Waals surface area contributed by atoms with Gasteiger partial charge in [0.2, 0.25) is 0 Å². The van der Waals surface area contributed by atoms with Crippen LogP contribution in [0.5, 0.6) is 0 Å². The lowest BCUT2D eigenvalue weighted by atomic mass is 9.84. The molecule has 2 atom stereocenters. The van der Waals surface area contributed by atoms with Gasteiger partial charge in [0.15, 0.2) is 5.60 Å². The van der Waals surface area contributed by atoms with Gasteiger partial charge < -0.3 is 10.2 Å². The van der Waals surface area contributed by atoms with E-state index >= 15 is 0 Å². The largest absolute Gasteiger partial charge is 0.479 e. The molecule has 3 nitrogen and oxygen atoms in total. The molecule has 0 amide bonds. The number of aliphatic carboxylic acids is 1. The van der Waals surface area contributed by atoms with Gasteiger partial charge in [0, 0.05) is 5.92 Å². The van der Waals surface area contributed by atoms with Crippen molar-refractivity contribution in [1.82, 2.24) is 0 Å². The summed E-state index contributed by atoms with van der Waals surface area (Å²) in [5.74, 6) is -3.95. The summed E-state index contributed by atoms with van der Waals surface area (Å²) in [4.78, 5) is 10.8. The van der Waals surface area contributed by atoms with E-state index in [0.29, 0.717) is 0 Å². The van der Waals surface area contributed by atoms with E-state index in [0.717, 1.165) is 25.1 Å². The van der Waals surface area contributed by atoms with E-state index in [-0.39, 0.29) is 5.56 Å².